The molecule has 0 aromatic rings. The highest BCUT2D eigenvalue weighted by atomic mass is 16.1. The Hall–Kier alpha value is -1.25. The van der Waals surface area contributed by atoms with Gasteiger partial charge in [-0.15, -0.1) is 0 Å². The van der Waals surface area contributed by atoms with Gasteiger partial charge >= 0.3 is 0 Å². The second-order valence-corrected chi connectivity index (χ2v) is 2.41. The van der Waals surface area contributed by atoms with E-state index in [1.54, 1.807) is 0 Å². The number of nitrogens with one attached hydrogen (secondary N) is 1. The Bertz CT molecular complexity index is 133. The Kier molecular flexibility index (Phi) is 7.03. The van der Waals surface area contributed by atoms with Gasteiger partial charge in [0.15, 0.2) is 0 Å². The van der Waals surface area contributed by atoms with Crippen molar-refractivity contribution in [1.29, 1.82) is 0 Å². The summed E-state index contributed by atoms with van der Waals surface area (Å²) in [6.07, 6.45) is 6.50. The first-order chi connectivity index (χ1) is 5.85. The van der Waals surface area contributed by atoms with Crippen LogP contribution in [0.2, 0.25) is 0 Å². The molecular weight excluding hydrogens is 152 g/mol. The van der Waals surface area contributed by atoms with Gasteiger partial charge in [0, 0.05) is 13.1 Å². The number of rotatable bonds is 3. The molecule has 12 heavy (non-hydrogen) atoms. The van der Waals surface area contributed by atoms with E-state index in [0.717, 1.165) is 0 Å². The fraction of sp³-hybridized carbons (Fsp3) is 0.444. The fourth-order valence-corrected chi connectivity index (χ4v) is 0.972. The molecular formula is C9H16N2O. The van der Waals surface area contributed by atoms with E-state index in [1.807, 2.05) is 6.20 Å². The first kappa shape index (κ1) is 10.8. The molecule has 68 valence electrons. The zero-order valence-corrected chi connectivity index (χ0v) is 7.33. The largest absolute Gasteiger partial charge is 0.378 e. The highest BCUT2D eigenvalue weighted by Crippen LogP contribution is 2.05. The molecule has 0 bridgehead atoms. The summed E-state index contributed by atoms with van der Waals surface area (Å²) < 4.78 is 0. The summed E-state index contributed by atoms with van der Waals surface area (Å²) in [6.45, 7) is 9.33. The van der Waals surface area contributed by atoms with E-state index in [2.05, 4.69) is 23.4 Å². The highest BCUT2D eigenvalue weighted by Gasteiger charge is 2.04. The number of hydrogen-bond donors (Lipinski definition) is 1. The molecule has 1 fully saturated rings. The van der Waals surface area contributed by atoms with Crippen LogP contribution >= 0.6 is 0 Å². The zero-order valence-electron chi connectivity index (χ0n) is 7.33. The van der Waals surface area contributed by atoms with Crippen LogP contribution in [0.5, 0.6) is 0 Å². The third-order valence-corrected chi connectivity index (χ3v) is 1.58. The smallest absolute Gasteiger partial charge is 0.211 e. The summed E-state index contributed by atoms with van der Waals surface area (Å²) in [6, 6.07) is 0. The average molecular weight is 168 g/mol. The molecule has 0 saturated carbocycles. The summed E-state index contributed by atoms with van der Waals surface area (Å²) >= 11 is 0. The second-order valence-electron chi connectivity index (χ2n) is 2.41. The van der Waals surface area contributed by atoms with Crippen LogP contribution in [0.25, 0.3) is 0 Å². The van der Waals surface area contributed by atoms with Crippen LogP contribution in [0.1, 0.15) is 12.8 Å². The maximum Gasteiger partial charge on any atom is 0.211 e. The number of amides is 1. The first-order valence-corrected chi connectivity index (χ1v) is 4.02. The molecule has 1 aliphatic rings. The van der Waals surface area contributed by atoms with E-state index in [4.69, 9.17) is 0 Å². The molecule has 0 aliphatic carbocycles. The number of carbonyl (C=O) groups is 1. The van der Waals surface area contributed by atoms with Crippen LogP contribution < -0.4 is 5.32 Å². The monoisotopic (exact) mass is 168 g/mol. The number of likely N-dealkylation sites (tertiary alicyclic amines) is 1. The van der Waals surface area contributed by atoms with E-state index < -0.39 is 0 Å². The summed E-state index contributed by atoms with van der Waals surface area (Å²) in [7, 11) is 0. The molecule has 1 saturated heterocycles. The minimum Gasteiger partial charge on any atom is -0.378 e. The fourth-order valence-electron chi connectivity index (χ4n) is 0.972. The SMILES string of the molecule is C=CN1CCCC1.C=CNC=O. The van der Waals surface area contributed by atoms with E-state index in [-0.39, 0.29) is 0 Å². The second kappa shape index (κ2) is 7.85. The molecule has 0 atom stereocenters. The van der Waals surface area contributed by atoms with Gasteiger partial charge < -0.3 is 10.2 Å². The van der Waals surface area contributed by atoms with Crippen LogP contribution in [-0.2, 0) is 4.79 Å². The predicted molar refractivity (Wildman–Crippen MR) is 50.4 cm³/mol. The summed E-state index contributed by atoms with van der Waals surface area (Å²) in [4.78, 5) is 11.5. The maximum atomic E-state index is 9.22. The summed E-state index contributed by atoms with van der Waals surface area (Å²) in [5.41, 5.74) is 0. The van der Waals surface area contributed by atoms with Crippen LogP contribution in [-0.4, -0.2) is 24.4 Å². The normalized spacial score (nSPS) is 14.2. The Labute approximate surface area is 73.8 Å². The Morgan fingerprint density at radius 1 is 1.25 bits per heavy atom. The van der Waals surface area contributed by atoms with Crippen molar-refractivity contribution < 1.29 is 4.79 Å². The third-order valence-electron chi connectivity index (χ3n) is 1.58. The molecule has 0 spiro atoms. The van der Waals surface area contributed by atoms with Crippen molar-refractivity contribution in [2.45, 2.75) is 12.8 Å². The third kappa shape index (κ3) is 5.53. The van der Waals surface area contributed by atoms with Crippen LogP contribution in [0.15, 0.2) is 25.6 Å². The van der Waals surface area contributed by atoms with Gasteiger partial charge in [-0.3, -0.25) is 4.79 Å². The van der Waals surface area contributed by atoms with Crippen LogP contribution in [0, 0.1) is 0 Å². The van der Waals surface area contributed by atoms with Crippen molar-refractivity contribution in [2.24, 2.45) is 0 Å². The van der Waals surface area contributed by atoms with Crippen molar-refractivity contribution in [1.82, 2.24) is 10.2 Å². The van der Waals surface area contributed by atoms with Gasteiger partial charge in [-0.1, -0.05) is 13.2 Å². The minimum absolute atomic E-state index is 0.562. The van der Waals surface area contributed by atoms with Gasteiger partial charge in [0.2, 0.25) is 6.41 Å². The Balaban J connectivity index is 0.000000217. The quantitative estimate of drug-likeness (QED) is 0.640. The molecule has 0 aromatic carbocycles. The minimum atomic E-state index is 0.562. The van der Waals surface area contributed by atoms with E-state index in [1.165, 1.54) is 32.1 Å². The molecule has 1 rings (SSSR count). The van der Waals surface area contributed by atoms with E-state index in [9.17, 15) is 4.79 Å². The molecule has 0 radical (unpaired) electrons. The topological polar surface area (TPSA) is 32.3 Å². The molecule has 0 unspecified atom stereocenters. The molecule has 1 amide bonds. The lowest BCUT2D eigenvalue weighted by molar-refractivity contribution is -0.108. The Morgan fingerprint density at radius 3 is 2.00 bits per heavy atom. The van der Waals surface area contributed by atoms with E-state index in [0.29, 0.717) is 6.41 Å². The van der Waals surface area contributed by atoms with Gasteiger partial charge in [0.25, 0.3) is 0 Å². The van der Waals surface area contributed by atoms with Crippen molar-refractivity contribution in [2.75, 3.05) is 13.1 Å². The van der Waals surface area contributed by atoms with Crippen LogP contribution in [0.3, 0.4) is 0 Å². The molecule has 1 aliphatic heterocycles. The van der Waals surface area contributed by atoms with Gasteiger partial charge in [-0.05, 0) is 25.2 Å². The summed E-state index contributed by atoms with van der Waals surface area (Å²) in [5, 5.41) is 2.19. The van der Waals surface area contributed by atoms with Gasteiger partial charge in [-0.2, -0.15) is 0 Å². The lowest BCUT2D eigenvalue weighted by atomic mass is 10.4. The molecule has 0 aromatic heterocycles. The maximum absolute atomic E-state index is 9.22. The number of carbonyl (C=O) groups excluding carboxylic acids is 1. The zero-order chi connectivity index (χ0) is 9.23. The van der Waals surface area contributed by atoms with Gasteiger partial charge in [0.1, 0.15) is 0 Å². The molecule has 1 heterocycles. The lowest BCUT2D eigenvalue weighted by Crippen LogP contribution is -2.08. The molecule has 3 heteroatoms. The highest BCUT2D eigenvalue weighted by molar-refractivity contribution is 5.47. The van der Waals surface area contributed by atoms with Crippen molar-refractivity contribution >= 4 is 6.41 Å². The average Bonchev–Trinajstić information content (AvgIpc) is 2.58. The first-order valence-electron chi connectivity index (χ1n) is 4.02. The molecule has 3 nitrogen and oxygen atoms in total. The van der Waals surface area contributed by atoms with Gasteiger partial charge in [0.05, 0.1) is 0 Å². The van der Waals surface area contributed by atoms with Crippen molar-refractivity contribution in [3.05, 3.63) is 25.6 Å². The number of hydrogen-bond acceptors (Lipinski definition) is 2. The van der Waals surface area contributed by atoms with Crippen molar-refractivity contribution in [3.8, 4) is 0 Å². The lowest BCUT2D eigenvalue weighted by Gasteiger charge is -2.07. The standard InChI is InChI=1S/C6H11N.C3H5NO/c1-2-7-5-3-4-6-7;1-2-4-3-5/h2H,1,3-6H2;2-3H,1H2,(H,4,5). The summed E-state index contributed by atoms with van der Waals surface area (Å²) in [5.74, 6) is 0. The molecule has 1 N–H and O–H groups in total. The van der Waals surface area contributed by atoms with Crippen LogP contribution in [0.4, 0.5) is 0 Å². The van der Waals surface area contributed by atoms with Crippen molar-refractivity contribution in [3.63, 3.8) is 0 Å². The number of nitrogens with zero attached hydrogens (tertiary/aromatic N) is 1. The Morgan fingerprint density at radius 2 is 1.83 bits per heavy atom. The predicted octanol–water partition coefficient (Wildman–Crippen LogP) is 1.10. The van der Waals surface area contributed by atoms with Gasteiger partial charge in [-0.25, -0.2) is 0 Å². The van der Waals surface area contributed by atoms with E-state index >= 15 is 0 Å².